The van der Waals surface area contributed by atoms with Crippen molar-refractivity contribution in [2.24, 2.45) is 0 Å². The van der Waals surface area contributed by atoms with Crippen molar-refractivity contribution in [1.29, 1.82) is 0 Å². The zero-order valence-electron chi connectivity index (χ0n) is 11.7. The number of benzene rings is 2. The molecule has 2 aromatic carbocycles. The summed E-state index contributed by atoms with van der Waals surface area (Å²) in [6, 6.07) is 13.8. The summed E-state index contributed by atoms with van der Waals surface area (Å²) >= 11 is 3.11. The Labute approximate surface area is 131 Å². The number of thiazole rings is 1. The number of nitrogens with zero attached hydrogens (tertiary/aromatic N) is 1. The summed E-state index contributed by atoms with van der Waals surface area (Å²) in [5, 5.41) is 3.53. The minimum atomic E-state index is -0.109. The number of para-hydroxylation sites is 1. The van der Waals surface area contributed by atoms with Crippen molar-refractivity contribution in [3.8, 4) is 0 Å². The van der Waals surface area contributed by atoms with Gasteiger partial charge in [-0.25, -0.2) is 4.98 Å². The third-order valence-electron chi connectivity index (χ3n) is 3.20. The van der Waals surface area contributed by atoms with Crippen LogP contribution in [0.1, 0.15) is 15.9 Å². The van der Waals surface area contributed by atoms with Crippen LogP contribution in [-0.4, -0.2) is 17.1 Å². The van der Waals surface area contributed by atoms with Crippen LogP contribution >= 0.6 is 23.1 Å². The van der Waals surface area contributed by atoms with Gasteiger partial charge in [0.25, 0.3) is 5.91 Å². The standard InChI is InChI=1S/C16H14N2OS2/c1-10-7-8-11(20-2)9-12(10)15(19)18-16-17-13-5-3-4-6-14(13)21-16/h3-9H,1-2H3,(H,17,18,19). The van der Waals surface area contributed by atoms with Gasteiger partial charge < -0.3 is 0 Å². The Morgan fingerprint density at radius 3 is 2.81 bits per heavy atom. The van der Waals surface area contributed by atoms with Crippen LogP contribution in [0.25, 0.3) is 10.2 Å². The molecule has 1 amide bonds. The van der Waals surface area contributed by atoms with E-state index in [0.29, 0.717) is 10.7 Å². The number of fused-ring (bicyclic) bond motifs is 1. The van der Waals surface area contributed by atoms with E-state index < -0.39 is 0 Å². The Hall–Kier alpha value is -1.85. The highest BCUT2D eigenvalue weighted by molar-refractivity contribution is 7.98. The molecular formula is C16H14N2OS2. The molecule has 1 N–H and O–H groups in total. The molecule has 0 radical (unpaired) electrons. The maximum absolute atomic E-state index is 12.4. The third kappa shape index (κ3) is 2.94. The van der Waals surface area contributed by atoms with E-state index in [2.05, 4.69) is 10.3 Å². The Morgan fingerprint density at radius 1 is 1.24 bits per heavy atom. The number of hydrogen-bond acceptors (Lipinski definition) is 4. The fraction of sp³-hybridized carbons (Fsp3) is 0.125. The van der Waals surface area contributed by atoms with Gasteiger partial charge in [0.15, 0.2) is 5.13 Å². The average molecular weight is 314 g/mol. The number of aromatic nitrogens is 1. The van der Waals surface area contributed by atoms with Crippen molar-refractivity contribution in [1.82, 2.24) is 4.98 Å². The van der Waals surface area contributed by atoms with Crippen molar-refractivity contribution < 1.29 is 4.79 Å². The van der Waals surface area contributed by atoms with Gasteiger partial charge in [0.2, 0.25) is 0 Å². The van der Waals surface area contributed by atoms with E-state index in [4.69, 9.17) is 0 Å². The summed E-state index contributed by atoms with van der Waals surface area (Å²) < 4.78 is 1.07. The molecule has 0 aliphatic carbocycles. The van der Waals surface area contributed by atoms with E-state index in [0.717, 1.165) is 20.7 Å². The molecule has 0 fully saturated rings. The van der Waals surface area contributed by atoms with E-state index in [1.807, 2.05) is 55.6 Å². The molecule has 0 saturated carbocycles. The molecule has 0 bridgehead atoms. The van der Waals surface area contributed by atoms with Gasteiger partial charge in [0, 0.05) is 10.5 Å². The Kier molecular flexibility index (Phi) is 3.94. The molecule has 21 heavy (non-hydrogen) atoms. The number of carbonyl (C=O) groups excluding carboxylic acids is 1. The van der Waals surface area contributed by atoms with Crippen molar-refractivity contribution >= 4 is 44.4 Å². The second-order valence-electron chi connectivity index (χ2n) is 4.62. The van der Waals surface area contributed by atoms with Crippen molar-refractivity contribution in [3.63, 3.8) is 0 Å². The summed E-state index contributed by atoms with van der Waals surface area (Å²) in [5.74, 6) is -0.109. The van der Waals surface area contributed by atoms with Crippen molar-refractivity contribution in [3.05, 3.63) is 53.6 Å². The van der Waals surface area contributed by atoms with E-state index in [9.17, 15) is 4.79 Å². The van der Waals surface area contributed by atoms with Crippen molar-refractivity contribution in [2.45, 2.75) is 11.8 Å². The molecule has 0 aliphatic heterocycles. The summed E-state index contributed by atoms with van der Waals surface area (Å²) in [5.41, 5.74) is 2.57. The number of rotatable bonds is 3. The molecular weight excluding hydrogens is 300 g/mol. The quantitative estimate of drug-likeness (QED) is 0.720. The molecule has 1 heterocycles. The van der Waals surface area contributed by atoms with Crippen LogP contribution < -0.4 is 5.32 Å². The van der Waals surface area contributed by atoms with Gasteiger partial charge in [-0.1, -0.05) is 29.5 Å². The Balaban J connectivity index is 1.89. The smallest absolute Gasteiger partial charge is 0.257 e. The number of hydrogen-bond donors (Lipinski definition) is 1. The first-order valence-corrected chi connectivity index (χ1v) is 8.53. The van der Waals surface area contributed by atoms with Gasteiger partial charge in [-0.15, -0.1) is 11.8 Å². The highest BCUT2D eigenvalue weighted by Crippen LogP contribution is 2.26. The summed E-state index contributed by atoms with van der Waals surface area (Å²) in [7, 11) is 0. The number of anilines is 1. The summed E-state index contributed by atoms with van der Waals surface area (Å²) in [6.07, 6.45) is 2.00. The predicted molar refractivity (Wildman–Crippen MR) is 90.5 cm³/mol. The largest absolute Gasteiger partial charge is 0.298 e. The SMILES string of the molecule is CSc1ccc(C)c(C(=O)Nc2nc3ccccc3s2)c1. The van der Waals surface area contributed by atoms with Crippen LogP contribution in [0.4, 0.5) is 5.13 Å². The number of aryl methyl sites for hydroxylation is 1. The van der Waals surface area contributed by atoms with Crippen LogP contribution in [0.5, 0.6) is 0 Å². The van der Waals surface area contributed by atoms with Gasteiger partial charge in [-0.3, -0.25) is 10.1 Å². The number of carbonyl (C=O) groups is 1. The molecule has 3 rings (SSSR count). The molecule has 5 heteroatoms. The monoisotopic (exact) mass is 314 g/mol. The molecule has 0 aliphatic rings. The topological polar surface area (TPSA) is 42.0 Å². The summed E-state index contributed by atoms with van der Waals surface area (Å²) in [6.45, 7) is 1.94. The van der Waals surface area contributed by atoms with Crippen LogP contribution in [0.3, 0.4) is 0 Å². The molecule has 0 unspecified atom stereocenters. The van der Waals surface area contributed by atoms with Crippen molar-refractivity contribution in [2.75, 3.05) is 11.6 Å². The van der Waals surface area contributed by atoms with Crippen LogP contribution in [-0.2, 0) is 0 Å². The van der Waals surface area contributed by atoms with Crippen LogP contribution in [0, 0.1) is 6.92 Å². The average Bonchev–Trinajstić information content (AvgIpc) is 2.89. The predicted octanol–water partition coefficient (Wildman–Crippen LogP) is 4.58. The maximum Gasteiger partial charge on any atom is 0.257 e. The fourth-order valence-corrected chi connectivity index (χ4v) is 3.36. The van der Waals surface area contributed by atoms with Gasteiger partial charge in [-0.05, 0) is 43.0 Å². The molecule has 1 aromatic heterocycles. The number of amides is 1. The van der Waals surface area contributed by atoms with Gasteiger partial charge in [0.1, 0.15) is 0 Å². The molecule has 0 spiro atoms. The van der Waals surface area contributed by atoms with Crippen LogP contribution in [0.15, 0.2) is 47.4 Å². The molecule has 0 atom stereocenters. The second kappa shape index (κ2) is 5.87. The van der Waals surface area contributed by atoms with E-state index >= 15 is 0 Å². The molecule has 106 valence electrons. The minimum Gasteiger partial charge on any atom is -0.298 e. The van der Waals surface area contributed by atoms with Gasteiger partial charge in [0.05, 0.1) is 10.2 Å². The zero-order valence-corrected chi connectivity index (χ0v) is 13.3. The lowest BCUT2D eigenvalue weighted by atomic mass is 10.1. The number of nitrogens with one attached hydrogen (secondary N) is 1. The first-order valence-electron chi connectivity index (χ1n) is 6.49. The first-order chi connectivity index (χ1) is 10.2. The normalized spacial score (nSPS) is 10.8. The lowest BCUT2D eigenvalue weighted by Crippen LogP contribution is -2.13. The fourth-order valence-electron chi connectivity index (χ4n) is 2.06. The van der Waals surface area contributed by atoms with Gasteiger partial charge >= 0.3 is 0 Å². The minimum absolute atomic E-state index is 0.109. The Bertz CT molecular complexity index is 778. The summed E-state index contributed by atoms with van der Waals surface area (Å²) in [4.78, 5) is 17.9. The van der Waals surface area contributed by atoms with E-state index in [-0.39, 0.29) is 5.91 Å². The number of thioether (sulfide) groups is 1. The van der Waals surface area contributed by atoms with E-state index in [1.54, 1.807) is 11.8 Å². The van der Waals surface area contributed by atoms with E-state index in [1.165, 1.54) is 11.3 Å². The molecule has 3 nitrogen and oxygen atoms in total. The lowest BCUT2D eigenvalue weighted by Gasteiger charge is -2.07. The second-order valence-corrected chi connectivity index (χ2v) is 6.53. The maximum atomic E-state index is 12.4. The highest BCUT2D eigenvalue weighted by atomic mass is 32.2. The van der Waals surface area contributed by atoms with Crippen LogP contribution in [0.2, 0.25) is 0 Å². The zero-order chi connectivity index (χ0) is 14.8. The van der Waals surface area contributed by atoms with Gasteiger partial charge in [-0.2, -0.15) is 0 Å². The Morgan fingerprint density at radius 2 is 2.05 bits per heavy atom. The molecule has 3 aromatic rings. The molecule has 0 saturated heterocycles. The highest BCUT2D eigenvalue weighted by Gasteiger charge is 2.12. The first kappa shape index (κ1) is 14.1. The third-order valence-corrected chi connectivity index (χ3v) is 4.88. The lowest BCUT2D eigenvalue weighted by molar-refractivity contribution is 0.102.